The van der Waals surface area contributed by atoms with Crippen molar-refractivity contribution in [2.45, 2.75) is 6.42 Å². The summed E-state index contributed by atoms with van der Waals surface area (Å²) >= 11 is 4.16. The average Bonchev–Trinajstić information content (AvgIpc) is 2.21. The molecule has 0 saturated carbocycles. The highest BCUT2D eigenvalue weighted by Crippen LogP contribution is 2.29. The summed E-state index contributed by atoms with van der Waals surface area (Å²) in [7, 11) is 0. The molecule has 0 aromatic heterocycles. The van der Waals surface area contributed by atoms with E-state index in [1.807, 2.05) is 0 Å². The third-order valence-electron chi connectivity index (χ3n) is 1.81. The highest BCUT2D eigenvalue weighted by Gasteiger charge is 2.12. The lowest BCUT2D eigenvalue weighted by Crippen LogP contribution is -2.03. The van der Waals surface area contributed by atoms with Crippen LogP contribution in [-0.2, 0) is 0 Å². The highest BCUT2D eigenvalue weighted by atomic mass is 127. The monoisotopic (exact) mass is 444 g/mol. The minimum atomic E-state index is -0.923. The van der Waals surface area contributed by atoms with Gasteiger partial charge in [-0.25, -0.2) is 4.79 Å². The quantitative estimate of drug-likeness (QED) is 0.430. The van der Waals surface area contributed by atoms with Crippen LogP contribution in [-0.4, -0.2) is 17.7 Å². The summed E-state index contributed by atoms with van der Waals surface area (Å²) in [5.74, 6) is -0.179. The van der Waals surface area contributed by atoms with Crippen LogP contribution in [0.25, 0.3) is 0 Å². The third kappa shape index (κ3) is 3.62. The Morgan fingerprint density at radius 1 is 1.44 bits per heavy atom. The lowest BCUT2D eigenvalue weighted by atomic mass is 10.2. The second-order valence-electron chi connectivity index (χ2n) is 3.00. The Kier molecular flexibility index (Phi) is 5.53. The maximum absolute atomic E-state index is 10.8. The molecule has 1 rings (SSSR count). The van der Waals surface area contributed by atoms with Gasteiger partial charge in [0.05, 0.1) is 19.3 Å². The van der Waals surface area contributed by atoms with Crippen molar-refractivity contribution in [3.63, 3.8) is 0 Å². The predicted molar refractivity (Wildman–Crippen MR) is 79.1 cm³/mol. The number of benzene rings is 1. The summed E-state index contributed by atoms with van der Waals surface area (Å²) in [5.41, 5.74) is 0.282. The Bertz CT molecular complexity index is 393. The van der Waals surface area contributed by atoms with Crippen LogP contribution in [0.3, 0.4) is 0 Å². The SMILES string of the molecule is C=CCCOc1c(I)cc(C(=O)O)cc1I. The maximum atomic E-state index is 10.8. The molecule has 0 fully saturated rings. The first-order valence-corrected chi connectivity index (χ1v) is 6.68. The van der Waals surface area contributed by atoms with Gasteiger partial charge in [0.1, 0.15) is 5.75 Å². The van der Waals surface area contributed by atoms with Crippen LogP contribution < -0.4 is 4.74 Å². The van der Waals surface area contributed by atoms with Gasteiger partial charge in [-0.2, -0.15) is 0 Å². The lowest BCUT2D eigenvalue weighted by Gasteiger charge is -2.10. The second-order valence-corrected chi connectivity index (χ2v) is 5.32. The first kappa shape index (κ1) is 13.8. The molecule has 1 aromatic carbocycles. The Hall–Kier alpha value is -0.310. The zero-order valence-electron chi connectivity index (χ0n) is 8.37. The van der Waals surface area contributed by atoms with Crippen LogP contribution in [0.2, 0.25) is 0 Å². The molecule has 3 nitrogen and oxygen atoms in total. The van der Waals surface area contributed by atoms with Gasteiger partial charge in [0, 0.05) is 0 Å². The molecule has 86 valence electrons. The van der Waals surface area contributed by atoms with Crippen molar-refractivity contribution in [1.29, 1.82) is 0 Å². The number of aromatic carboxylic acids is 1. The molecule has 0 aliphatic carbocycles. The van der Waals surface area contributed by atoms with Crippen LogP contribution >= 0.6 is 45.2 Å². The molecule has 1 aromatic rings. The number of hydrogen-bond acceptors (Lipinski definition) is 2. The summed E-state index contributed by atoms with van der Waals surface area (Å²) < 4.78 is 7.19. The van der Waals surface area contributed by atoms with Crippen LogP contribution in [0.1, 0.15) is 16.8 Å². The van der Waals surface area contributed by atoms with Crippen molar-refractivity contribution in [3.05, 3.63) is 37.5 Å². The standard InChI is InChI=1S/C11H10I2O3/c1-2-3-4-16-10-8(12)5-7(11(14)15)6-9(10)13/h2,5-6H,1,3-4H2,(H,14,15). The van der Waals surface area contributed by atoms with Gasteiger partial charge in [0.15, 0.2) is 0 Å². The van der Waals surface area contributed by atoms with Crippen LogP contribution in [0.5, 0.6) is 5.75 Å². The van der Waals surface area contributed by atoms with Crippen molar-refractivity contribution < 1.29 is 14.6 Å². The maximum Gasteiger partial charge on any atom is 0.335 e. The Morgan fingerprint density at radius 2 is 2.00 bits per heavy atom. The number of carboxylic acid groups (broad SMARTS) is 1. The Balaban J connectivity index is 2.93. The van der Waals surface area contributed by atoms with Gasteiger partial charge in [-0.1, -0.05) is 6.08 Å². The topological polar surface area (TPSA) is 46.5 Å². The van der Waals surface area contributed by atoms with Crippen molar-refractivity contribution in [2.24, 2.45) is 0 Å². The molecule has 0 bridgehead atoms. The van der Waals surface area contributed by atoms with Crippen LogP contribution in [0, 0.1) is 7.14 Å². The smallest absolute Gasteiger partial charge is 0.335 e. The van der Waals surface area contributed by atoms with E-state index >= 15 is 0 Å². The summed E-state index contributed by atoms with van der Waals surface area (Å²) in [6, 6.07) is 3.21. The zero-order chi connectivity index (χ0) is 12.1. The van der Waals surface area contributed by atoms with E-state index in [4.69, 9.17) is 9.84 Å². The van der Waals surface area contributed by atoms with E-state index in [9.17, 15) is 4.79 Å². The molecular formula is C11H10I2O3. The third-order valence-corrected chi connectivity index (χ3v) is 3.42. The zero-order valence-corrected chi connectivity index (χ0v) is 12.7. The Morgan fingerprint density at radius 3 is 2.44 bits per heavy atom. The van der Waals surface area contributed by atoms with Gasteiger partial charge in [0.2, 0.25) is 0 Å². The normalized spacial score (nSPS) is 9.88. The molecule has 5 heteroatoms. The number of rotatable bonds is 5. The van der Waals surface area contributed by atoms with Gasteiger partial charge >= 0.3 is 5.97 Å². The fourth-order valence-corrected chi connectivity index (χ4v) is 3.15. The van der Waals surface area contributed by atoms with E-state index in [1.54, 1.807) is 18.2 Å². The molecule has 16 heavy (non-hydrogen) atoms. The largest absolute Gasteiger partial charge is 0.491 e. The van der Waals surface area contributed by atoms with Crippen molar-refractivity contribution in [2.75, 3.05) is 6.61 Å². The van der Waals surface area contributed by atoms with Gasteiger partial charge in [-0.05, 0) is 63.7 Å². The number of hydrogen-bond donors (Lipinski definition) is 1. The summed E-state index contributed by atoms with van der Waals surface area (Å²) in [5, 5.41) is 8.88. The van der Waals surface area contributed by atoms with E-state index < -0.39 is 5.97 Å². The van der Waals surface area contributed by atoms with E-state index in [2.05, 4.69) is 51.8 Å². The fourth-order valence-electron chi connectivity index (χ4n) is 1.07. The molecule has 0 saturated heterocycles. The predicted octanol–water partition coefficient (Wildman–Crippen LogP) is 3.55. The van der Waals surface area contributed by atoms with Gasteiger partial charge < -0.3 is 9.84 Å². The fraction of sp³-hybridized carbons (Fsp3) is 0.182. The molecule has 1 N–H and O–H groups in total. The van der Waals surface area contributed by atoms with E-state index in [1.165, 1.54) is 0 Å². The average molecular weight is 444 g/mol. The van der Waals surface area contributed by atoms with E-state index in [-0.39, 0.29) is 5.56 Å². The molecular weight excluding hydrogens is 434 g/mol. The van der Waals surface area contributed by atoms with Crippen LogP contribution in [0.4, 0.5) is 0 Å². The highest BCUT2D eigenvalue weighted by molar-refractivity contribution is 14.1. The number of halogens is 2. The van der Waals surface area contributed by atoms with Crippen molar-refractivity contribution >= 4 is 51.2 Å². The molecule has 0 radical (unpaired) electrons. The molecule has 0 aliphatic rings. The van der Waals surface area contributed by atoms with Gasteiger partial charge in [-0.3, -0.25) is 0 Å². The minimum Gasteiger partial charge on any atom is -0.491 e. The molecule has 0 spiro atoms. The second kappa shape index (κ2) is 6.43. The molecule has 0 amide bonds. The summed E-state index contributed by atoms with van der Waals surface area (Å²) in [6.07, 6.45) is 2.55. The van der Waals surface area contributed by atoms with Gasteiger partial charge in [0.25, 0.3) is 0 Å². The minimum absolute atomic E-state index is 0.282. The Labute approximate surface area is 121 Å². The molecule has 0 aliphatic heterocycles. The number of ether oxygens (including phenoxy) is 1. The number of carboxylic acids is 1. The summed E-state index contributed by atoms with van der Waals surface area (Å²) in [6.45, 7) is 4.17. The van der Waals surface area contributed by atoms with E-state index in [0.29, 0.717) is 6.61 Å². The molecule has 0 unspecified atom stereocenters. The van der Waals surface area contributed by atoms with Crippen LogP contribution in [0.15, 0.2) is 24.8 Å². The first-order chi connectivity index (χ1) is 7.56. The lowest BCUT2D eigenvalue weighted by molar-refractivity contribution is 0.0696. The summed E-state index contributed by atoms with van der Waals surface area (Å²) in [4.78, 5) is 10.8. The van der Waals surface area contributed by atoms with Crippen molar-refractivity contribution in [1.82, 2.24) is 0 Å². The van der Waals surface area contributed by atoms with Crippen molar-refractivity contribution in [3.8, 4) is 5.75 Å². The molecule has 0 heterocycles. The molecule has 0 atom stereocenters. The van der Waals surface area contributed by atoms with E-state index in [0.717, 1.165) is 19.3 Å². The number of carbonyl (C=O) groups is 1. The first-order valence-electron chi connectivity index (χ1n) is 4.52. The van der Waals surface area contributed by atoms with Gasteiger partial charge in [-0.15, -0.1) is 6.58 Å².